The molecular formula is C25H24BrN3O3S. The molecule has 170 valence electrons. The largest absolute Gasteiger partial charge is 0.484 e. The van der Waals surface area contributed by atoms with Gasteiger partial charge in [0.15, 0.2) is 6.61 Å². The van der Waals surface area contributed by atoms with E-state index < -0.39 is 0 Å². The van der Waals surface area contributed by atoms with E-state index in [1.807, 2.05) is 54.6 Å². The van der Waals surface area contributed by atoms with E-state index in [9.17, 15) is 9.59 Å². The van der Waals surface area contributed by atoms with Gasteiger partial charge in [-0.25, -0.2) is 5.43 Å². The molecule has 0 unspecified atom stereocenters. The Labute approximate surface area is 205 Å². The molecule has 3 aromatic rings. The zero-order chi connectivity index (χ0) is 23.3. The number of ether oxygens (including phenoxy) is 1. The minimum Gasteiger partial charge on any atom is -0.484 e. The van der Waals surface area contributed by atoms with Crippen LogP contribution < -0.4 is 15.5 Å². The summed E-state index contributed by atoms with van der Waals surface area (Å²) in [6.07, 6.45) is 1.56. The maximum atomic E-state index is 11.9. The summed E-state index contributed by atoms with van der Waals surface area (Å²) in [6, 6.07) is 24.7. The number of nitrogens with zero attached hydrogens (tertiary/aromatic N) is 1. The van der Waals surface area contributed by atoms with Crippen molar-refractivity contribution in [3.05, 3.63) is 100 Å². The third-order valence-corrected chi connectivity index (χ3v) is 6.19. The fourth-order valence-electron chi connectivity index (χ4n) is 2.73. The van der Waals surface area contributed by atoms with Crippen molar-refractivity contribution in [3.8, 4) is 5.75 Å². The summed E-state index contributed by atoms with van der Waals surface area (Å²) in [5.41, 5.74) is 5.51. The molecule has 0 aromatic heterocycles. The van der Waals surface area contributed by atoms with E-state index in [1.165, 1.54) is 11.8 Å². The van der Waals surface area contributed by atoms with E-state index in [2.05, 4.69) is 31.8 Å². The summed E-state index contributed by atoms with van der Waals surface area (Å²) in [4.78, 5) is 23.9. The van der Waals surface area contributed by atoms with Crippen LogP contribution in [0.1, 0.15) is 16.7 Å². The van der Waals surface area contributed by atoms with Gasteiger partial charge >= 0.3 is 0 Å². The van der Waals surface area contributed by atoms with Crippen LogP contribution in [0.4, 0.5) is 0 Å². The molecule has 8 heteroatoms. The molecule has 6 nitrogen and oxygen atoms in total. The Morgan fingerprint density at radius 3 is 2.42 bits per heavy atom. The number of carbonyl (C=O) groups excluding carboxylic acids is 2. The van der Waals surface area contributed by atoms with Gasteiger partial charge < -0.3 is 10.1 Å². The van der Waals surface area contributed by atoms with Gasteiger partial charge in [-0.05, 0) is 47.0 Å². The quantitative estimate of drug-likeness (QED) is 0.284. The average Bonchev–Trinajstić information content (AvgIpc) is 2.84. The predicted molar refractivity (Wildman–Crippen MR) is 136 cm³/mol. The van der Waals surface area contributed by atoms with Gasteiger partial charge in [0, 0.05) is 16.8 Å². The lowest BCUT2D eigenvalue weighted by Crippen LogP contribution is -2.28. The number of hydrazone groups is 1. The van der Waals surface area contributed by atoms with Gasteiger partial charge in [-0.1, -0.05) is 64.5 Å². The van der Waals surface area contributed by atoms with E-state index in [4.69, 9.17) is 4.74 Å². The summed E-state index contributed by atoms with van der Waals surface area (Å²) in [6.45, 7) is 0.403. The standard InChI is InChI=1S/C25H24BrN3O3S/c26-23-9-5-4-8-21(23)17-33-18-25(31)29-28-15-20-10-12-22(13-11-20)32-16-24(30)27-14-19-6-2-1-3-7-19/h1-13,15H,14,16-18H2,(H,27,30)(H,29,31)/b28-15-. The van der Waals surface area contributed by atoms with Gasteiger partial charge in [0.05, 0.1) is 12.0 Å². The van der Waals surface area contributed by atoms with Crippen LogP contribution in [0.2, 0.25) is 0 Å². The lowest BCUT2D eigenvalue weighted by Gasteiger charge is -2.08. The minimum absolute atomic E-state index is 0.0620. The van der Waals surface area contributed by atoms with Gasteiger partial charge in [0.1, 0.15) is 5.75 Å². The first-order valence-electron chi connectivity index (χ1n) is 10.3. The molecule has 0 aliphatic rings. The highest BCUT2D eigenvalue weighted by Gasteiger charge is 2.04. The van der Waals surface area contributed by atoms with Crippen molar-refractivity contribution in [2.45, 2.75) is 12.3 Å². The third-order valence-electron chi connectivity index (χ3n) is 4.43. The Morgan fingerprint density at radius 1 is 0.939 bits per heavy atom. The first-order valence-corrected chi connectivity index (χ1v) is 12.2. The molecule has 3 aromatic carbocycles. The van der Waals surface area contributed by atoms with Crippen molar-refractivity contribution in [3.63, 3.8) is 0 Å². The van der Waals surface area contributed by atoms with Gasteiger partial charge in [0.2, 0.25) is 5.91 Å². The Hall–Kier alpha value is -3.10. The first-order chi connectivity index (χ1) is 16.1. The van der Waals surface area contributed by atoms with Crippen LogP contribution in [0.25, 0.3) is 0 Å². The zero-order valence-electron chi connectivity index (χ0n) is 17.9. The highest BCUT2D eigenvalue weighted by molar-refractivity contribution is 9.10. The number of hydrogen-bond acceptors (Lipinski definition) is 5. The van der Waals surface area contributed by atoms with Crippen LogP contribution in [-0.2, 0) is 21.9 Å². The number of nitrogens with one attached hydrogen (secondary N) is 2. The summed E-state index contributed by atoms with van der Waals surface area (Å²) < 4.78 is 6.55. The van der Waals surface area contributed by atoms with Crippen LogP contribution in [0.15, 0.2) is 88.4 Å². The number of hydrogen-bond donors (Lipinski definition) is 2. The maximum absolute atomic E-state index is 11.9. The van der Waals surface area contributed by atoms with E-state index in [1.54, 1.807) is 30.5 Å². The molecular weight excluding hydrogens is 502 g/mol. The predicted octanol–water partition coefficient (Wildman–Crippen LogP) is 4.53. The number of carbonyl (C=O) groups is 2. The van der Waals surface area contributed by atoms with Crippen molar-refractivity contribution in [1.82, 2.24) is 10.7 Å². The average molecular weight is 526 g/mol. The molecule has 33 heavy (non-hydrogen) atoms. The third kappa shape index (κ3) is 9.11. The maximum Gasteiger partial charge on any atom is 0.258 e. The second-order valence-corrected chi connectivity index (χ2v) is 8.84. The molecule has 0 spiro atoms. The molecule has 0 saturated carbocycles. The molecule has 0 fully saturated rings. The topological polar surface area (TPSA) is 79.8 Å². The number of rotatable bonds is 11. The van der Waals surface area contributed by atoms with Gasteiger partial charge in [-0.3, -0.25) is 9.59 Å². The molecule has 0 atom stereocenters. The van der Waals surface area contributed by atoms with Gasteiger partial charge in [-0.2, -0.15) is 5.10 Å². The molecule has 0 bridgehead atoms. The molecule has 0 saturated heterocycles. The number of thioether (sulfide) groups is 1. The molecule has 0 aliphatic heterocycles. The Kier molecular flexibility index (Phi) is 10.0. The SMILES string of the molecule is O=C(COc1ccc(/C=N\NC(=O)CSCc2ccccc2Br)cc1)NCc1ccccc1. The lowest BCUT2D eigenvalue weighted by atomic mass is 10.2. The zero-order valence-corrected chi connectivity index (χ0v) is 20.3. The minimum atomic E-state index is -0.190. The van der Waals surface area contributed by atoms with Crippen molar-refractivity contribution >= 4 is 45.7 Å². The first kappa shape index (κ1) is 24.5. The molecule has 0 heterocycles. The van der Waals surface area contributed by atoms with Crippen LogP contribution in [0, 0.1) is 0 Å². The van der Waals surface area contributed by atoms with Crippen molar-refractivity contribution in [2.24, 2.45) is 5.10 Å². The molecule has 0 aliphatic carbocycles. The molecule has 2 amide bonds. The second kappa shape index (κ2) is 13.4. The summed E-state index contributed by atoms with van der Waals surface area (Å²) in [7, 11) is 0. The van der Waals surface area contributed by atoms with Gasteiger partial charge in [-0.15, -0.1) is 11.8 Å². The Balaban J connectivity index is 1.33. The van der Waals surface area contributed by atoms with Gasteiger partial charge in [0.25, 0.3) is 5.91 Å². The molecule has 0 radical (unpaired) electrons. The monoisotopic (exact) mass is 525 g/mol. The van der Waals surface area contributed by atoms with E-state index >= 15 is 0 Å². The smallest absolute Gasteiger partial charge is 0.258 e. The van der Waals surface area contributed by atoms with Crippen LogP contribution in [0.5, 0.6) is 5.75 Å². The number of halogens is 1. The Morgan fingerprint density at radius 2 is 1.67 bits per heavy atom. The van der Waals surface area contributed by atoms with Crippen molar-refractivity contribution in [2.75, 3.05) is 12.4 Å². The fourth-order valence-corrected chi connectivity index (χ4v) is 4.16. The van der Waals surface area contributed by atoms with Crippen LogP contribution in [0.3, 0.4) is 0 Å². The molecule has 2 N–H and O–H groups in total. The lowest BCUT2D eigenvalue weighted by molar-refractivity contribution is -0.123. The van der Waals surface area contributed by atoms with Crippen LogP contribution in [-0.4, -0.2) is 30.4 Å². The van der Waals surface area contributed by atoms with Crippen LogP contribution >= 0.6 is 27.7 Å². The van der Waals surface area contributed by atoms with E-state index in [0.29, 0.717) is 18.0 Å². The summed E-state index contributed by atoms with van der Waals surface area (Å²) in [5, 5.41) is 6.81. The second-order valence-electron chi connectivity index (χ2n) is 7.00. The van der Waals surface area contributed by atoms with Crippen molar-refractivity contribution < 1.29 is 14.3 Å². The fraction of sp³-hybridized carbons (Fsp3) is 0.160. The van der Waals surface area contributed by atoms with Crippen molar-refractivity contribution in [1.29, 1.82) is 0 Å². The number of benzene rings is 3. The molecule has 3 rings (SSSR count). The summed E-state index contributed by atoms with van der Waals surface area (Å²) in [5.74, 6) is 1.28. The van der Waals surface area contributed by atoms with E-state index in [0.717, 1.165) is 26.9 Å². The van der Waals surface area contributed by atoms with E-state index in [-0.39, 0.29) is 18.4 Å². The highest BCUT2D eigenvalue weighted by Crippen LogP contribution is 2.21. The number of amides is 2. The summed E-state index contributed by atoms with van der Waals surface area (Å²) >= 11 is 5.02. The normalized spacial score (nSPS) is 10.7. The highest BCUT2D eigenvalue weighted by atomic mass is 79.9. The Bertz CT molecular complexity index is 1080.